The normalized spacial score (nSPS) is 10.5. The number of rotatable bonds is 6. The molecule has 0 radical (unpaired) electrons. The summed E-state index contributed by atoms with van der Waals surface area (Å²) in [4.78, 5) is 13.8. The van der Waals surface area contributed by atoms with E-state index >= 15 is 0 Å². The molecule has 1 aromatic heterocycles. The van der Waals surface area contributed by atoms with Crippen LogP contribution in [0.2, 0.25) is 0 Å². The molecule has 0 saturated carbocycles. The number of aromatic nitrogens is 2. The fourth-order valence-electron chi connectivity index (χ4n) is 1.22. The van der Waals surface area contributed by atoms with Gasteiger partial charge < -0.3 is 20.0 Å². The first-order chi connectivity index (χ1) is 7.20. The highest BCUT2D eigenvalue weighted by Gasteiger charge is 2.18. The number of hydrogen-bond acceptors (Lipinski definition) is 5. The lowest BCUT2D eigenvalue weighted by molar-refractivity contribution is -0.392. The molecule has 0 aliphatic carbocycles. The van der Waals surface area contributed by atoms with E-state index in [1.165, 1.54) is 4.57 Å². The fraction of sp³-hybridized carbons (Fsp3) is 0.625. The van der Waals surface area contributed by atoms with Crippen LogP contribution in [0.5, 0.6) is 0 Å². The van der Waals surface area contributed by atoms with E-state index in [4.69, 9.17) is 9.84 Å². The van der Waals surface area contributed by atoms with E-state index in [0.29, 0.717) is 19.8 Å². The number of aliphatic hydroxyl groups is 1. The van der Waals surface area contributed by atoms with Gasteiger partial charge >= 0.3 is 5.82 Å². The van der Waals surface area contributed by atoms with Crippen LogP contribution in [0.3, 0.4) is 0 Å². The van der Waals surface area contributed by atoms with Gasteiger partial charge in [-0.15, -0.1) is 0 Å². The second-order valence-electron chi connectivity index (χ2n) is 2.80. The molecule has 7 nitrogen and oxygen atoms in total. The molecule has 0 aromatic carbocycles. The van der Waals surface area contributed by atoms with Crippen molar-refractivity contribution in [3.05, 3.63) is 22.1 Å². The zero-order chi connectivity index (χ0) is 11.3. The van der Waals surface area contributed by atoms with Gasteiger partial charge in [0.1, 0.15) is 19.3 Å². The summed E-state index contributed by atoms with van der Waals surface area (Å²) in [6, 6.07) is 0. The first-order valence-electron chi connectivity index (χ1n) is 4.58. The fourth-order valence-corrected chi connectivity index (χ4v) is 1.22. The van der Waals surface area contributed by atoms with Gasteiger partial charge in [0.2, 0.25) is 5.82 Å². The SMILES string of the molecule is CCOCCn1c([N+](=O)[O-])cnc1CO. The largest absolute Gasteiger partial charge is 0.386 e. The average molecular weight is 215 g/mol. The third-order valence-electron chi connectivity index (χ3n) is 1.91. The van der Waals surface area contributed by atoms with E-state index in [-0.39, 0.29) is 18.2 Å². The molecule has 0 aliphatic rings. The van der Waals surface area contributed by atoms with Gasteiger partial charge in [-0.2, -0.15) is 0 Å². The van der Waals surface area contributed by atoms with E-state index in [0.717, 1.165) is 6.20 Å². The van der Waals surface area contributed by atoms with Gasteiger partial charge in [0, 0.05) is 6.61 Å². The number of aliphatic hydroxyl groups excluding tert-OH is 1. The minimum atomic E-state index is -0.530. The predicted octanol–water partition coefficient (Wildman–Crippen LogP) is 0.320. The van der Waals surface area contributed by atoms with Crippen LogP contribution in [0.25, 0.3) is 0 Å². The van der Waals surface area contributed by atoms with Crippen molar-refractivity contribution in [1.29, 1.82) is 0 Å². The van der Waals surface area contributed by atoms with Crippen molar-refractivity contribution in [1.82, 2.24) is 9.55 Å². The summed E-state index contributed by atoms with van der Waals surface area (Å²) in [5, 5.41) is 19.5. The first-order valence-corrected chi connectivity index (χ1v) is 4.58. The molecule has 0 saturated heterocycles. The highest BCUT2D eigenvalue weighted by atomic mass is 16.6. The van der Waals surface area contributed by atoms with E-state index in [1.54, 1.807) is 0 Å². The van der Waals surface area contributed by atoms with Crippen LogP contribution in [0.4, 0.5) is 5.82 Å². The van der Waals surface area contributed by atoms with E-state index in [9.17, 15) is 10.1 Å². The minimum Gasteiger partial charge on any atom is -0.386 e. The summed E-state index contributed by atoms with van der Waals surface area (Å²) < 4.78 is 6.43. The molecule has 1 aromatic rings. The second kappa shape index (κ2) is 5.42. The predicted molar refractivity (Wildman–Crippen MR) is 51.3 cm³/mol. The third-order valence-corrected chi connectivity index (χ3v) is 1.91. The summed E-state index contributed by atoms with van der Waals surface area (Å²) in [6.45, 7) is 2.76. The highest BCUT2D eigenvalue weighted by Crippen LogP contribution is 2.13. The molecular weight excluding hydrogens is 202 g/mol. The topological polar surface area (TPSA) is 90.4 Å². The molecule has 0 fully saturated rings. The molecule has 1 rings (SSSR count). The van der Waals surface area contributed by atoms with E-state index in [2.05, 4.69) is 4.98 Å². The van der Waals surface area contributed by atoms with Crippen LogP contribution in [0, 0.1) is 10.1 Å². The number of nitro groups is 1. The quantitative estimate of drug-likeness (QED) is 0.419. The van der Waals surface area contributed by atoms with Crippen molar-refractivity contribution in [3.63, 3.8) is 0 Å². The number of nitrogens with zero attached hydrogens (tertiary/aromatic N) is 3. The lowest BCUT2D eigenvalue weighted by Gasteiger charge is -2.03. The monoisotopic (exact) mass is 215 g/mol. The van der Waals surface area contributed by atoms with Crippen LogP contribution in [-0.2, 0) is 17.9 Å². The molecule has 84 valence electrons. The zero-order valence-corrected chi connectivity index (χ0v) is 8.42. The molecular formula is C8H13N3O4. The van der Waals surface area contributed by atoms with Crippen LogP contribution >= 0.6 is 0 Å². The Kier molecular flexibility index (Phi) is 4.19. The van der Waals surface area contributed by atoms with Crippen molar-refractivity contribution in [3.8, 4) is 0 Å². The lowest BCUT2D eigenvalue weighted by atomic mass is 10.5. The summed E-state index contributed by atoms with van der Waals surface area (Å²) in [5.74, 6) is 0.153. The summed E-state index contributed by atoms with van der Waals surface area (Å²) in [6.07, 6.45) is 1.14. The standard InChI is InChI=1S/C8H13N3O4/c1-2-15-4-3-10-7(6-12)9-5-8(10)11(13)14/h5,12H,2-4,6H2,1H3. The van der Waals surface area contributed by atoms with Gasteiger partial charge in [0.15, 0.2) is 0 Å². The highest BCUT2D eigenvalue weighted by molar-refractivity contribution is 5.18. The van der Waals surface area contributed by atoms with Gasteiger partial charge in [-0.05, 0) is 11.8 Å². The van der Waals surface area contributed by atoms with Crippen molar-refractivity contribution < 1.29 is 14.8 Å². The number of hydrogen-bond donors (Lipinski definition) is 1. The summed E-state index contributed by atoms with van der Waals surface area (Å²) >= 11 is 0. The number of imidazole rings is 1. The van der Waals surface area contributed by atoms with Gasteiger partial charge in [-0.3, -0.25) is 0 Å². The van der Waals surface area contributed by atoms with E-state index in [1.807, 2.05) is 6.92 Å². The molecule has 15 heavy (non-hydrogen) atoms. The van der Waals surface area contributed by atoms with E-state index < -0.39 is 4.92 Å². The van der Waals surface area contributed by atoms with Crippen molar-refractivity contribution in [2.75, 3.05) is 13.2 Å². The second-order valence-corrected chi connectivity index (χ2v) is 2.80. The van der Waals surface area contributed by atoms with Crippen LogP contribution in [0.15, 0.2) is 6.20 Å². The third kappa shape index (κ3) is 2.74. The Balaban J connectivity index is 2.80. The Morgan fingerprint density at radius 2 is 2.47 bits per heavy atom. The Labute approximate surface area is 86.5 Å². The number of ether oxygens (including phenoxy) is 1. The molecule has 0 aliphatic heterocycles. The van der Waals surface area contributed by atoms with Gasteiger partial charge in [-0.25, -0.2) is 9.55 Å². The first kappa shape index (κ1) is 11.6. The van der Waals surface area contributed by atoms with Gasteiger partial charge in [0.05, 0.1) is 6.61 Å². The molecule has 1 heterocycles. The van der Waals surface area contributed by atoms with Gasteiger partial charge in [0.25, 0.3) is 0 Å². The minimum absolute atomic E-state index is 0.126. The lowest BCUT2D eigenvalue weighted by Crippen LogP contribution is -2.11. The van der Waals surface area contributed by atoms with Crippen molar-refractivity contribution in [2.45, 2.75) is 20.1 Å². The Morgan fingerprint density at radius 3 is 3.00 bits per heavy atom. The Morgan fingerprint density at radius 1 is 1.73 bits per heavy atom. The van der Waals surface area contributed by atoms with Crippen LogP contribution < -0.4 is 0 Å². The molecule has 0 unspecified atom stereocenters. The van der Waals surface area contributed by atoms with Crippen LogP contribution in [-0.4, -0.2) is 32.8 Å². The van der Waals surface area contributed by atoms with Crippen molar-refractivity contribution >= 4 is 5.82 Å². The maximum absolute atomic E-state index is 10.6. The Hall–Kier alpha value is -1.47. The Bertz CT molecular complexity index is 337. The molecule has 7 heteroatoms. The van der Waals surface area contributed by atoms with Gasteiger partial charge in [-0.1, -0.05) is 0 Å². The molecule has 0 bridgehead atoms. The molecule has 0 atom stereocenters. The molecule has 0 spiro atoms. The summed E-state index contributed by atoms with van der Waals surface area (Å²) in [7, 11) is 0. The molecule has 1 N–H and O–H groups in total. The van der Waals surface area contributed by atoms with Crippen LogP contribution in [0.1, 0.15) is 12.7 Å². The maximum Gasteiger partial charge on any atom is 0.343 e. The summed E-state index contributed by atoms with van der Waals surface area (Å²) in [5.41, 5.74) is 0. The smallest absolute Gasteiger partial charge is 0.343 e. The average Bonchev–Trinajstić information content (AvgIpc) is 2.61. The zero-order valence-electron chi connectivity index (χ0n) is 8.42. The molecule has 0 amide bonds. The maximum atomic E-state index is 10.6. The van der Waals surface area contributed by atoms with Crippen molar-refractivity contribution in [2.24, 2.45) is 0 Å².